The second kappa shape index (κ2) is 8.55. The molecule has 0 aliphatic rings. The second-order valence-corrected chi connectivity index (χ2v) is 2.52. The van der Waals surface area contributed by atoms with Gasteiger partial charge in [-0.15, -0.1) is 0 Å². The predicted molar refractivity (Wildman–Crippen MR) is 55.1 cm³/mol. The van der Waals surface area contributed by atoms with Gasteiger partial charge in [0.15, 0.2) is 0 Å². The summed E-state index contributed by atoms with van der Waals surface area (Å²) in [6.45, 7) is 10.6. The maximum atomic E-state index is 9.55. The lowest BCUT2D eigenvalue weighted by atomic mass is 10.5. The molecule has 0 heterocycles. The monoisotopic (exact) mass is 214 g/mol. The molecule has 0 saturated carbocycles. The van der Waals surface area contributed by atoms with Crippen molar-refractivity contribution in [1.29, 1.82) is 0 Å². The molecule has 0 aromatic carbocycles. The average molecular weight is 214 g/mol. The van der Waals surface area contributed by atoms with Crippen LogP contribution in [-0.4, -0.2) is 22.2 Å². The molecule has 2 N–H and O–H groups in total. The molecule has 84 valence electrons. The van der Waals surface area contributed by atoms with Crippen LogP contribution in [0.5, 0.6) is 0 Å². The fourth-order valence-electron chi connectivity index (χ4n) is 0.440. The summed E-state index contributed by atoms with van der Waals surface area (Å²) in [5.74, 6) is -1.14. The maximum absolute atomic E-state index is 9.55. The van der Waals surface area contributed by atoms with Crippen molar-refractivity contribution >= 4 is 11.9 Å². The van der Waals surface area contributed by atoms with Gasteiger partial charge in [-0.3, -0.25) is 0 Å². The van der Waals surface area contributed by atoms with Crippen molar-refractivity contribution in [3.63, 3.8) is 0 Å². The summed E-state index contributed by atoms with van der Waals surface area (Å²) in [4.78, 5) is 19.1. The molecule has 0 atom stereocenters. The maximum Gasteiger partial charge on any atom is 0.328 e. The van der Waals surface area contributed by atoms with Gasteiger partial charge in [0.1, 0.15) is 0 Å². The van der Waals surface area contributed by atoms with Gasteiger partial charge in [-0.1, -0.05) is 13.2 Å². The van der Waals surface area contributed by atoms with E-state index in [9.17, 15) is 9.59 Å². The van der Waals surface area contributed by atoms with Gasteiger partial charge < -0.3 is 14.9 Å². The zero-order chi connectivity index (χ0) is 12.4. The Morgan fingerprint density at radius 1 is 1.00 bits per heavy atom. The predicted octanol–water partition coefficient (Wildman–Crippen LogP) is 1.78. The molecule has 0 amide bonds. The highest BCUT2D eigenvalue weighted by Gasteiger charge is 1.88. The Morgan fingerprint density at radius 2 is 1.27 bits per heavy atom. The molecule has 5 nitrogen and oxygen atoms in total. The van der Waals surface area contributed by atoms with Gasteiger partial charge in [-0.05, 0) is 13.8 Å². The fourth-order valence-corrected chi connectivity index (χ4v) is 0.440. The highest BCUT2D eigenvalue weighted by atomic mass is 16.5. The van der Waals surface area contributed by atoms with E-state index in [1.165, 1.54) is 0 Å². The summed E-state index contributed by atoms with van der Waals surface area (Å²) in [5, 5.41) is 15.6. The third-order valence-corrected chi connectivity index (χ3v) is 0.717. The van der Waals surface area contributed by atoms with E-state index in [4.69, 9.17) is 14.9 Å². The van der Waals surface area contributed by atoms with E-state index in [2.05, 4.69) is 13.2 Å². The first-order valence-electron chi connectivity index (χ1n) is 3.88. The minimum absolute atomic E-state index is 0.558. The van der Waals surface area contributed by atoms with Crippen LogP contribution in [0.2, 0.25) is 0 Å². The van der Waals surface area contributed by atoms with Crippen LogP contribution in [0.4, 0.5) is 0 Å². The molecule has 0 aliphatic heterocycles. The Kier molecular flexibility index (Phi) is 8.80. The summed E-state index contributed by atoms with van der Waals surface area (Å²) in [5.41, 5.74) is 0. The summed E-state index contributed by atoms with van der Waals surface area (Å²) < 4.78 is 4.86. The van der Waals surface area contributed by atoms with E-state index in [0.29, 0.717) is 23.7 Å². The highest BCUT2D eigenvalue weighted by Crippen LogP contribution is 1.97. The van der Waals surface area contributed by atoms with Gasteiger partial charge in [0.05, 0.1) is 11.5 Å². The Hall–Kier alpha value is -2.04. The molecule has 0 saturated heterocycles. The number of allylic oxidation sites excluding steroid dienone is 2. The van der Waals surface area contributed by atoms with Crippen LogP contribution in [0, 0.1) is 0 Å². The molecule has 0 unspecified atom stereocenters. The molecule has 0 rings (SSSR count). The van der Waals surface area contributed by atoms with Gasteiger partial charge >= 0.3 is 11.9 Å². The smallest absolute Gasteiger partial charge is 0.328 e. The Labute approximate surface area is 88.0 Å². The summed E-state index contributed by atoms with van der Waals surface area (Å²) in [6.07, 6.45) is 1.12. The van der Waals surface area contributed by atoms with Gasteiger partial charge in [-0.2, -0.15) is 0 Å². The number of carboxylic acid groups (broad SMARTS) is 2. The first kappa shape index (κ1) is 15.4. The lowest BCUT2D eigenvalue weighted by molar-refractivity contribution is -0.134. The van der Waals surface area contributed by atoms with Crippen molar-refractivity contribution in [2.75, 3.05) is 0 Å². The van der Waals surface area contributed by atoms with E-state index >= 15 is 0 Å². The Morgan fingerprint density at radius 3 is 1.33 bits per heavy atom. The topological polar surface area (TPSA) is 83.8 Å². The molecule has 0 aromatic heterocycles. The summed E-state index contributed by atoms with van der Waals surface area (Å²) in [6, 6.07) is 0. The average Bonchev–Trinajstić information content (AvgIpc) is 1.99. The molecule has 0 spiro atoms. The second-order valence-electron chi connectivity index (χ2n) is 2.52. The number of carbonyl (C=O) groups is 2. The zero-order valence-corrected chi connectivity index (χ0v) is 8.69. The lowest BCUT2D eigenvalue weighted by Gasteiger charge is -1.99. The van der Waals surface area contributed by atoms with Gasteiger partial charge in [-0.25, -0.2) is 9.59 Å². The van der Waals surface area contributed by atoms with Crippen LogP contribution in [-0.2, 0) is 14.3 Å². The number of rotatable bonds is 4. The molecule has 0 radical (unpaired) electrons. The van der Waals surface area contributed by atoms with Gasteiger partial charge in [0, 0.05) is 12.2 Å². The molecular weight excluding hydrogens is 200 g/mol. The van der Waals surface area contributed by atoms with Crippen molar-refractivity contribution < 1.29 is 24.5 Å². The highest BCUT2D eigenvalue weighted by molar-refractivity contribution is 5.89. The standard InChI is InChI=1S/C6H10O.C4H4O4/c1-5(2)7-6(3)4;5-3(6)1-2-4(7)8/h1,3H2,2,4H3;1-2H,(H,5,6)(H,7,8)/b;2-1+. The largest absolute Gasteiger partial charge is 0.478 e. The quantitative estimate of drug-likeness (QED) is 0.550. The van der Waals surface area contributed by atoms with Crippen molar-refractivity contribution in [1.82, 2.24) is 0 Å². The summed E-state index contributed by atoms with van der Waals surface area (Å²) >= 11 is 0. The minimum atomic E-state index is -1.26. The van der Waals surface area contributed by atoms with Crippen LogP contribution < -0.4 is 0 Å². The minimum Gasteiger partial charge on any atom is -0.478 e. The molecular formula is C10H14O5. The van der Waals surface area contributed by atoms with E-state index in [-0.39, 0.29) is 0 Å². The van der Waals surface area contributed by atoms with Crippen LogP contribution in [0.3, 0.4) is 0 Å². The summed E-state index contributed by atoms with van der Waals surface area (Å²) in [7, 11) is 0. The molecule has 0 aromatic rings. The van der Waals surface area contributed by atoms with E-state index < -0.39 is 11.9 Å². The molecule has 15 heavy (non-hydrogen) atoms. The normalized spacial score (nSPS) is 8.67. The van der Waals surface area contributed by atoms with Crippen LogP contribution >= 0.6 is 0 Å². The fraction of sp³-hybridized carbons (Fsp3) is 0.200. The molecule has 0 fully saturated rings. The van der Waals surface area contributed by atoms with E-state index in [0.717, 1.165) is 0 Å². The zero-order valence-electron chi connectivity index (χ0n) is 8.69. The van der Waals surface area contributed by atoms with Crippen molar-refractivity contribution in [3.05, 3.63) is 36.8 Å². The molecule has 0 bridgehead atoms. The SMILES string of the molecule is C=C(C)OC(=C)C.O=C(O)/C=C/C(=O)O. The molecule has 0 aliphatic carbocycles. The van der Waals surface area contributed by atoms with Gasteiger partial charge in [0.25, 0.3) is 0 Å². The van der Waals surface area contributed by atoms with Crippen LogP contribution in [0.25, 0.3) is 0 Å². The number of ether oxygens (including phenoxy) is 1. The lowest BCUT2D eigenvalue weighted by Crippen LogP contribution is -1.91. The first-order chi connectivity index (χ1) is 6.75. The number of carboxylic acids is 2. The van der Waals surface area contributed by atoms with Crippen molar-refractivity contribution in [2.24, 2.45) is 0 Å². The van der Waals surface area contributed by atoms with Crippen LogP contribution in [0.15, 0.2) is 36.8 Å². The van der Waals surface area contributed by atoms with Crippen molar-refractivity contribution in [2.45, 2.75) is 13.8 Å². The number of hydrogen-bond acceptors (Lipinski definition) is 3. The Bertz CT molecular complexity index is 260. The first-order valence-corrected chi connectivity index (χ1v) is 3.88. The third kappa shape index (κ3) is 24.5. The third-order valence-electron chi connectivity index (χ3n) is 0.717. The Balaban J connectivity index is 0. The van der Waals surface area contributed by atoms with E-state index in [1.807, 2.05) is 0 Å². The van der Waals surface area contributed by atoms with Gasteiger partial charge in [0.2, 0.25) is 0 Å². The van der Waals surface area contributed by atoms with E-state index in [1.54, 1.807) is 13.8 Å². The number of aliphatic carboxylic acids is 2. The van der Waals surface area contributed by atoms with Crippen LogP contribution in [0.1, 0.15) is 13.8 Å². The number of hydrogen-bond donors (Lipinski definition) is 2. The molecule has 5 heteroatoms. The van der Waals surface area contributed by atoms with Crippen molar-refractivity contribution in [3.8, 4) is 0 Å².